The van der Waals surface area contributed by atoms with Crippen LogP contribution in [0.4, 0.5) is 4.39 Å². The van der Waals surface area contributed by atoms with Crippen LogP contribution < -0.4 is 0 Å². The van der Waals surface area contributed by atoms with E-state index in [1.807, 2.05) is 18.9 Å². The topological polar surface area (TPSA) is 106 Å². The number of hydrogen-bond donors (Lipinski definition) is 3. The van der Waals surface area contributed by atoms with Crippen molar-refractivity contribution < 1.29 is 19.4 Å². The summed E-state index contributed by atoms with van der Waals surface area (Å²) in [5.74, 6) is -1.36. The third-order valence-electron chi connectivity index (χ3n) is 8.42. The summed E-state index contributed by atoms with van der Waals surface area (Å²) in [5.41, 5.74) is 1.17. The van der Waals surface area contributed by atoms with Crippen LogP contribution in [0.1, 0.15) is 36.3 Å². The first-order valence-corrected chi connectivity index (χ1v) is 11.1. The number of pyridine rings is 1. The molecule has 3 aliphatic rings. The molecular formula is C24H26FN5O3. The van der Waals surface area contributed by atoms with Gasteiger partial charge in [-0.3, -0.25) is 14.8 Å². The maximum atomic E-state index is 14.1. The van der Waals surface area contributed by atoms with Gasteiger partial charge in [0.1, 0.15) is 5.66 Å². The summed E-state index contributed by atoms with van der Waals surface area (Å²) in [6.07, 6.45) is 0.239. The molecule has 2 aromatic heterocycles. The Morgan fingerprint density at radius 3 is 2.73 bits per heavy atom. The second-order valence-corrected chi connectivity index (χ2v) is 10.5. The van der Waals surface area contributed by atoms with Crippen molar-refractivity contribution in [2.24, 2.45) is 10.8 Å². The van der Waals surface area contributed by atoms with Crippen molar-refractivity contribution in [3.05, 3.63) is 41.3 Å². The predicted octanol–water partition coefficient (Wildman–Crippen LogP) is 2.65. The lowest BCUT2D eigenvalue weighted by molar-refractivity contribution is -0.229. The Kier molecular flexibility index (Phi) is 3.80. The quantitative estimate of drug-likeness (QED) is 0.553. The molecule has 1 aromatic carbocycles. The molecule has 6 rings (SSSR count). The van der Waals surface area contributed by atoms with E-state index in [2.05, 4.69) is 33.9 Å². The number of amides is 1. The molecule has 3 N–H and O–H groups in total. The molecular weight excluding hydrogens is 425 g/mol. The van der Waals surface area contributed by atoms with E-state index in [-0.39, 0.29) is 11.3 Å². The third kappa shape index (κ3) is 2.29. The summed E-state index contributed by atoms with van der Waals surface area (Å²) < 4.78 is 14.0. The molecule has 0 radical (unpaired) electrons. The number of benzene rings is 1. The summed E-state index contributed by atoms with van der Waals surface area (Å²) in [6, 6.07) is 5.69. The van der Waals surface area contributed by atoms with Gasteiger partial charge >= 0.3 is 0 Å². The van der Waals surface area contributed by atoms with Crippen LogP contribution in [0.15, 0.2) is 24.3 Å². The normalized spacial score (nSPS) is 32.9. The number of nitrogens with zero attached hydrogens (tertiary/aromatic N) is 4. The van der Waals surface area contributed by atoms with Crippen molar-refractivity contribution in [2.45, 2.75) is 39.0 Å². The number of aryl methyl sites for hydroxylation is 1. The molecule has 2 bridgehead atoms. The number of piperidine rings is 1. The van der Waals surface area contributed by atoms with Gasteiger partial charge in [0.05, 0.1) is 22.7 Å². The number of phenols is 1. The lowest BCUT2D eigenvalue weighted by Gasteiger charge is -2.66. The van der Waals surface area contributed by atoms with Crippen LogP contribution in [0.3, 0.4) is 0 Å². The molecule has 3 aromatic rings. The molecule has 4 atom stereocenters. The number of hydrogen-bond acceptors (Lipinski definition) is 6. The van der Waals surface area contributed by atoms with Gasteiger partial charge in [-0.05, 0) is 44.7 Å². The van der Waals surface area contributed by atoms with Crippen LogP contribution in [0.25, 0.3) is 22.3 Å². The van der Waals surface area contributed by atoms with Crippen molar-refractivity contribution in [3.63, 3.8) is 0 Å². The van der Waals surface area contributed by atoms with Crippen LogP contribution >= 0.6 is 0 Å². The number of nitrogens with one attached hydrogen (secondary N) is 1. The number of likely N-dealkylation sites (tertiary alicyclic amines) is 2. The van der Waals surface area contributed by atoms with Crippen molar-refractivity contribution in [3.8, 4) is 17.0 Å². The molecule has 1 saturated carbocycles. The van der Waals surface area contributed by atoms with E-state index >= 15 is 0 Å². The van der Waals surface area contributed by atoms with Gasteiger partial charge in [0, 0.05) is 35.2 Å². The number of aromatic amines is 1. The average Bonchev–Trinajstić information content (AvgIpc) is 3.33. The molecule has 4 heterocycles. The van der Waals surface area contributed by atoms with Gasteiger partial charge in [-0.25, -0.2) is 9.37 Å². The van der Waals surface area contributed by atoms with E-state index in [0.717, 1.165) is 12.2 Å². The molecule has 8 nitrogen and oxygen atoms in total. The van der Waals surface area contributed by atoms with E-state index in [9.17, 15) is 19.4 Å². The van der Waals surface area contributed by atoms with E-state index in [1.165, 1.54) is 12.1 Å². The largest absolute Gasteiger partial charge is 0.505 e. The van der Waals surface area contributed by atoms with Gasteiger partial charge in [0.2, 0.25) is 0 Å². The monoisotopic (exact) mass is 451 g/mol. The van der Waals surface area contributed by atoms with Crippen molar-refractivity contribution >= 4 is 16.9 Å². The summed E-state index contributed by atoms with van der Waals surface area (Å²) in [6.45, 7) is 7.18. The number of aliphatic hydroxyl groups is 1. The summed E-state index contributed by atoms with van der Waals surface area (Å²) in [5, 5.41) is 28.4. The van der Waals surface area contributed by atoms with Gasteiger partial charge in [0.25, 0.3) is 5.91 Å². The fraction of sp³-hybridized carbons (Fsp3) is 0.458. The highest BCUT2D eigenvalue weighted by Gasteiger charge is 2.80. The fourth-order valence-electron chi connectivity index (χ4n) is 6.97. The highest BCUT2D eigenvalue weighted by Crippen LogP contribution is 2.69. The number of aliphatic hydroxyl groups excluding tert-OH is 1. The van der Waals surface area contributed by atoms with Crippen molar-refractivity contribution in [2.75, 3.05) is 20.1 Å². The first-order chi connectivity index (χ1) is 15.5. The zero-order chi connectivity index (χ0) is 23.5. The molecule has 3 fully saturated rings. The lowest BCUT2D eigenvalue weighted by atomic mass is 9.65. The van der Waals surface area contributed by atoms with Crippen LogP contribution in [0.2, 0.25) is 0 Å². The van der Waals surface area contributed by atoms with E-state index in [1.54, 1.807) is 12.1 Å². The second kappa shape index (κ2) is 6.09. The zero-order valence-electron chi connectivity index (χ0n) is 19.0. The Hall–Kier alpha value is -3.04. The number of H-pyrrole nitrogens is 1. The van der Waals surface area contributed by atoms with Gasteiger partial charge in [0.15, 0.2) is 17.2 Å². The average molecular weight is 452 g/mol. The number of fused-ring (bicyclic) bond motifs is 2. The molecule has 172 valence electrons. The Balaban J connectivity index is 1.49. The number of phenolic OH excluding ortho intramolecular Hbond substituents is 1. The molecule has 1 amide bonds. The molecule has 1 aliphatic carbocycles. The van der Waals surface area contributed by atoms with Crippen LogP contribution in [0, 0.1) is 23.6 Å². The highest BCUT2D eigenvalue weighted by molar-refractivity contribution is 6.08. The minimum absolute atomic E-state index is 0.157. The van der Waals surface area contributed by atoms with Gasteiger partial charge in [-0.1, -0.05) is 13.8 Å². The van der Waals surface area contributed by atoms with Crippen LogP contribution in [-0.2, 0) is 0 Å². The van der Waals surface area contributed by atoms with Gasteiger partial charge in [-0.15, -0.1) is 0 Å². The maximum absolute atomic E-state index is 14.1. The predicted molar refractivity (Wildman–Crippen MR) is 119 cm³/mol. The minimum Gasteiger partial charge on any atom is -0.505 e. The number of carbonyl (C=O) groups excluding carboxylic acids is 1. The fourth-order valence-corrected chi connectivity index (χ4v) is 6.97. The number of rotatable bonds is 2. The zero-order valence-corrected chi connectivity index (χ0v) is 19.0. The number of halogens is 1. The van der Waals surface area contributed by atoms with Crippen LogP contribution in [-0.4, -0.2) is 73.0 Å². The molecule has 33 heavy (non-hydrogen) atoms. The minimum atomic E-state index is -0.760. The number of carbonyl (C=O) groups is 1. The van der Waals surface area contributed by atoms with E-state index in [0.29, 0.717) is 40.8 Å². The molecule has 2 aliphatic heterocycles. The molecule has 1 spiro atoms. The first kappa shape index (κ1) is 20.6. The first-order valence-electron chi connectivity index (χ1n) is 11.1. The van der Waals surface area contributed by atoms with Gasteiger partial charge in [-0.2, -0.15) is 5.10 Å². The Morgan fingerprint density at radius 1 is 1.27 bits per heavy atom. The Morgan fingerprint density at radius 2 is 2.03 bits per heavy atom. The molecule has 2 saturated heterocycles. The summed E-state index contributed by atoms with van der Waals surface area (Å²) >= 11 is 0. The summed E-state index contributed by atoms with van der Waals surface area (Å²) in [7, 11) is 2.02. The number of aromatic nitrogens is 3. The highest BCUT2D eigenvalue weighted by atomic mass is 19.1. The van der Waals surface area contributed by atoms with Gasteiger partial charge < -0.3 is 15.1 Å². The molecule has 1 unspecified atom stereocenters. The van der Waals surface area contributed by atoms with E-state index in [4.69, 9.17) is 0 Å². The van der Waals surface area contributed by atoms with Crippen LogP contribution in [0.5, 0.6) is 5.75 Å². The summed E-state index contributed by atoms with van der Waals surface area (Å²) in [4.78, 5) is 22.7. The maximum Gasteiger partial charge on any atom is 0.256 e. The smallest absolute Gasteiger partial charge is 0.256 e. The second-order valence-electron chi connectivity index (χ2n) is 10.5. The Labute approximate surface area is 190 Å². The van der Waals surface area contributed by atoms with E-state index < -0.39 is 28.7 Å². The van der Waals surface area contributed by atoms with Crippen molar-refractivity contribution in [1.82, 2.24) is 25.0 Å². The standard InChI is InChI=1S/C24H26FN5O3/c1-12-18-14(8-16(26-19(18)28-27-12)13-5-6-17(31)15(25)7-13)20(32)30-11-23(3)21(33)22(2)9-24(23,30)29(4)10-22/h5-8,21,31,33H,9-11H2,1-4H3,(H,26,27,28)/t21?,22-,23-,24+/m0/s1. The molecule has 9 heteroatoms. The van der Waals surface area contributed by atoms with Crippen molar-refractivity contribution in [1.29, 1.82) is 0 Å². The lowest BCUT2D eigenvalue weighted by Crippen LogP contribution is -2.81. The SMILES string of the molecule is Cc1[nH]nc2nc(-c3ccc(O)c(F)c3)cc(C(=O)N3C[C@@]4(C)C(O)[C@]5(C)CN(C)[C@]34C5)c12. The third-order valence-corrected chi connectivity index (χ3v) is 8.42. The number of aromatic hydroxyl groups is 1. The Bertz CT molecular complexity index is 1360.